The minimum atomic E-state index is -4.28. The molecule has 0 aromatic heterocycles. The molecule has 1 aromatic carbocycles. The first kappa shape index (κ1) is 16.7. The molecule has 0 unspecified atom stereocenters. The number of isocyanates is 2. The molecule has 98 valence electrons. The van der Waals surface area contributed by atoms with Gasteiger partial charge in [0.05, 0.1) is 10.8 Å². The average molecular weight is 297 g/mol. The molecule has 0 saturated carbocycles. The van der Waals surface area contributed by atoms with Crippen LogP contribution >= 0.6 is 12.2 Å². The zero-order valence-electron chi connectivity index (χ0n) is 9.60. The molecular weight excluding hydrogens is 290 g/mol. The summed E-state index contributed by atoms with van der Waals surface area (Å²) in [6, 6.07) is 7.80. The Morgan fingerprint density at radius 2 is 1.63 bits per heavy atom. The molecule has 0 fully saturated rings. The first-order valence-electron chi connectivity index (χ1n) is 4.53. The zero-order chi connectivity index (χ0) is 14.7. The van der Waals surface area contributed by atoms with Crippen LogP contribution in [-0.2, 0) is 19.8 Å². The Labute approximate surface area is 114 Å². The van der Waals surface area contributed by atoms with Crippen molar-refractivity contribution in [1.29, 1.82) is 0 Å². The molecule has 9 heteroatoms. The van der Waals surface area contributed by atoms with Crippen molar-refractivity contribution in [3.63, 3.8) is 0 Å². The Hall–Kier alpha value is -2.27. The number of carbonyl (C=O) groups excluding carboxylic acids is 2. The van der Waals surface area contributed by atoms with Gasteiger partial charge in [-0.15, -0.1) is 0 Å². The van der Waals surface area contributed by atoms with E-state index in [1.807, 2.05) is 31.2 Å². The molecule has 19 heavy (non-hydrogen) atoms. The predicted molar refractivity (Wildman–Crippen MR) is 71.0 cm³/mol. The molecule has 1 rings (SSSR count). The Morgan fingerprint density at radius 1 is 1.11 bits per heavy atom. The fourth-order valence-electron chi connectivity index (χ4n) is 0.853. The van der Waals surface area contributed by atoms with Crippen molar-refractivity contribution < 1.29 is 18.0 Å². The molecule has 7 nitrogen and oxygen atoms in total. The Bertz CT molecular complexity index is 656. The Balaban J connectivity index is 0.000000344. The van der Waals surface area contributed by atoms with Crippen LogP contribution in [0.2, 0.25) is 0 Å². The van der Waals surface area contributed by atoms with E-state index in [4.69, 9.17) is 0 Å². The van der Waals surface area contributed by atoms with Crippen molar-refractivity contribution in [3.05, 3.63) is 29.8 Å². The van der Waals surface area contributed by atoms with Crippen molar-refractivity contribution in [2.45, 2.75) is 6.92 Å². The van der Waals surface area contributed by atoms with Crippen LogP contribution in [0.4, 0.5) is 5.69 Å². The van der Waals surface area contributed by atoms with Crippen molar-refractivity contribution in [3.8, 4) is 0 Å². The van der Waals surface area contributed by atoms with E-state index in [-0.39, 0.29) is 0 Å². The fraction of sp³-hybridized carbons (Fsp3) is 0.100. The quantitative estimate of drug-likeness (QED) is 0.479. The number of hydrogen-bond donors (Lipinski definition) is 0. The maximum Gasteiger partial charge on any atom is 0.383 e. The topological polar surface area (TPSA) is 105 Å². The van der Waals surface area contributed by atoms with Crippen molar-refractivity contribution in [1.82, 2.24) is 0 Å². The maximum atomic E-state index is 9.97. The first-order chi connectivity index (χ1) is 8.96. The van der Waals surface area contributed by atoms with Gasteiger partial charge in [0.15, 0.2) is 0 Å². The standard InChI is InChI=1S/C8H7NS.C2N2O4S/c1-7-4-2-3-5-8(7)9-6-10;5-1-3-9(7,8)4-2-6/h2-5H,1H3;. The van der Waals surface area contributed by atoms with Gasteiger partial charge in [0, 0.05) is 0 Å². The van der Waals surface area contributed by atoms with Gasteiger partial charge in [-0.25, -0.2) is 9.59 Å². The minimum absolute atomic E-state index is 0.707. The lowest BCUT2D eigenvalue weighted by atomic mass is 10.2. The largest absolute Gasteiger partial charge is 0.383 e. The molecule has 0 spiro atoms. The molecule has 0 saturated heterocycles. The van der Waals surface area contributed by atoms with E-state index in [2.05, 4.69) is 31.2 Å². The van der Waals surface area contributed by atoms with Crippen LogP contribution < -0.4 is 0 Å². The fourth-order valence-corrected chi connectivity index (χ4v) is 1.18. The molecule has 0 heterocycles. The molecule has 0 bridgehead atoms. The molecular formula is C10H7N3O4S2. The second kappa shape index (κ2) is 8.77. The van der Waals surface area contributed by atoms with Gasteiger partial charge in [-0.2, -0.15) is 13.4 Å². The van der Waals surface area contributed by atoms with Gasteiger partial charge in [-0.05, 0) is 30.8 Å². The van der Waals surface area contributed by atoms with Gasteiger partial charge in [0.25, 0.3) is 12.2 Å². The van der Waals surface area contributed by atoms with Crippen LogP contribution in [0.25, 0.3) is 0 Å². The highest BCUT2D eigenvalue weighted by Gasteiger charge is 2.00. The number of para-hydroxylation sites is 1. The zero-order valence-corrected chi connectivity index (χ0v) is 11.2. The van der Waals surface area contributed by atoms with Crippen molar-refractivity contribution in [2.75, 3.05) is 0 Å². The Kier molecular flexibility index (Phi) is 7.72. The smallest absolute Gasteiger partial charge is 0.210 e. The van der Waals surface area contributed by atoms with E-state index in [0.717, 1.165) is 11.3 Å². The number of benzene rings is 1. The van der Waals surface area contributed by atoms with Crippen LogP contribution in [0, 0.1) is 6.92 Å². The second-order valence-corrected chi connectivity index (χ2v) is 4.25. The van der Waals surface area contributed by atoms with Crippen molar-refractivity contribution in [2.24, 2.45) is 13.8 Å². The number of aryl methyl sites for hydroxylation is 1. The molecule has 0 aliphatic rings. The average Bonchev–Trinajstić information content (AvgIpc) is 2.33. The summed E-state index contributed by atoms with van der Waals surface area (Å²) in [6.45, 7) is 1.99. The van der Waals surface area contributed by atoms with Gasteiger partial charge >= 0.3 is 10.2 Å². The molecule has 0 aliphatic heterocycles. The van der Waals surface area contributed by atoms with Crippen LogP contribution in [0.3, 0.4) is 0 Å². The maximum absolute atomic E-state index is 9.97. The number of isothiocyanates is 1. The number of hydrogen-bond acceptors (Lipinski definition) is 6. The Morgan fingerprint density at radius 3 is 2.05 bits per heavy atom. The first-order valence-corrected chi connectivity index (χ1v) is 6.34. The lowest BCUT2D eigenvalue weighted by Gasteiger charge is -1.93. The monoisotopic (exact) mass is 297 g/mol. The SMILES string of the molecule is Cc1ccccc1N=C=S.O=C=NS(=O)(=O)N=C=O. The summed E-state index contributed by atoms with van der Waals surface area (Å²) in [7, 11) is -4.28. The van der Waals surface area contributed by atoms with Gasteiger partial charge in [-0.3, -0.25) is 0 Å². The summed E-state index contributed by atoms with van der Waals surface area (Å²) in [4.78, 5) is 22.3. The van der Waals surface area contributed by atoms with Crippen LogP contribution in [0.15, 0.2) is 38.1 Å². The molecule has 0 atom stereocenters. The lowest BCUT2D eigenvalue weighted by Crippen LogP contribution is -1.86. The summed E-state index contributed by atoms with van der Waals surface area (Å²) >= 11 is 4.48. The van der Waals surface area contributed by atoms with Crippen LogP contribution in [-0.4, -0.2) is 25.7 Å². The summed E-state index contributed by atoms with van der Waals surface area (Å²) in [5, 5.41) is 2.33. The highest BCUT2D eigenvalue weighted by Crippen LogP contribution is 2.15. The molecule has 0 N–H and O–H groups in total. The third-order valence-corrected chi connectivity index (χ3v) is 2.29. The number of nitrogens with zero attached hydrogens (tertiary/aromatic N) is 3. The summed E-state index contributed by atoms with van der Waals surface area (Å²) in [5.74, 6) is 0. The van der Waals surface area contributed by atoms with Gasteiger partial charge < -0.3 is 0 Å². The molecule has 0 radical (unpaired) electrons. The summed E-state index contributed by atoms with van der Waals surface area (Å²) in [6.07, 6.45) is 1.41. The van der Waals surface area contributed by atoms with E-state index in [0.29, 0.717) is 12.2 Å². The number of aliphatic imine (C=N–C) groups is 1. The molecule has 0 amide bonds. The number of rotatable bonds is 3. The van der Waals surface area contributed by atoms with E-state index in [9.17, 15) is 18.0 Å². The van der Waals surface area contributed by atoms with E-state index < -0.39 is 10.2 Å². The minimum Gasteiger partial charge on any atom is -0.210 e. The highest BCUT2D eigenvalue weighted by molar-refractivity contribution is 7.89. The number of thiocarbonyl (C=S) groups is 1. The third-order valence-electron chi connectivity index (χ3n) is 1.59. The van der Waals surface area contributed by atoms with E-state index in [1.165, 1.54) is 0 Å². The lowest BCUT2D eigenvalue weighted by molar-refractivity contribution is 0.561. The van der Waals surface area contributed by atoms with Gasteiger partial charge in [0.2, 0.25) is 0 Å². The summed E-state index contributed by atoms with van der Waals surface area (Å²) < 4.78 is 24.3. The molecule has 1 aromatic rings. The normalized spacial score (nSPS) is 8.68. The van der Waals surface area contributed by atoms with Crippen LogP contribution in [0.1, 0.15) is 5.56 Å². The highest BCUT2D eigenvalue weighted by atomic mass is 32.2. The summed E-state index contributed by atoms with van der Waals surface area (Å²) in [5.41, 5.74) is 2.03. The van der Waals surface area contributed by atoms with Gasteiger partial charge in [-0.1, -0.05) is 27.0 Å². The van der Waals surface area contributed by atoms with Gasteiger partial charge in [0.1, 0.15) is 0 Å². The predicted octanol–water partition coefficient (Wildman–Crippen LogP) is 1.63. The molecule has 0 aliphatic carbocycles. The van der Waals surface area contributed by atoms with Crippen molar-refractivity contribution >= 4 is 45.4 Å². The van der Waals surface area contributed by atoms with Crippen LogP contribution in [0.5, 0.6) is 0 Å². The van der Waals surface area contributed by atoms with E-state index in [1.54, 1.807) is 0 Å². The third kappa shape index (κ3) is 7.62. The second-order valence-electron chi connectivity index (χ2n) is 2.80. The van der Waals surface area contributed by atoms with E-state index >= 15 is 0 Å².